The molecule has 0 saturated heterocycles. The number of fused-ring (bicyclic) bond motifs is 1. The molecule has 2 saturated carbocycles. The summed E-state index contributed by atoms with van der Waals surface area (Å²) in [7, 11) is 3.24. The number of hydrogen-bond donors (Lipinski definition) is 1. The molecule has 4 heteroatoms. The molecule has 3 atom stereocenters. The van der Waals surface area contributed by atoms with Crippen molar-refractivity contribution < 1.29 is 9.47 Å². The average molecular weight is 296 g/mol. The zero-order valence-corrected chi connectivity index (χ0v) is 12.8. The zero-order valence-electron chi connectivity index (χ0n) is 12.1. The second-order valence-electron chi connectivity index (χ2n) is 5.92. The smallest absolute Gasteiger partial charge is 0.146 e. The molecule has 0 radical (unpaired) electrons. The van der Waals surface area contributed by atoms with Crippen LogP contribution in [0.2, 0.25) is 5.02 Å². The van der Waals surface area contributed by atoms with E-state index in [0.717, 1.165) is 17.4 Å². The van der Waals surface area contributed by atoms with E-state index in [-0.39, 0.29) is 6.04 Å². The molecule has 0 spiro atoms. The van der Waals surface area contributed by atoms with E-state index < -0.39 is 0 Å². The number of hydrogen-bond acceptors (Lipinski definition) is 3. The van der Waals surface area contributed by atoms with Crippen molar-refractivity contribution in [1.82, 2.24) is 0 Å². The van der Waals surface area contributed by atoms with Crippen LogP contribution in [0.4, 0.5) is 0 Å². The zero-order chi connectivity index (χ0) is 14.3. The van der Waals surface area contributed by atoms with Crippen LogP contribution < -0.4 is 15.2 Å². The fourth-order valence-corrected chi connectivity index (χ4v) is 4.29. The van der Waals surface area contributed by atoms with E-state index in [1.165, 1.54) is 25.7 Å². The molecule has 2 aliphatic rings. The molecule has 2 N–H and O–H groups in total. The summed E-state index contributed by atoms with van der Waals surface area (Å²) in [4.78, 5) is 0. The van der Waals surface area contributed by atoms with Crippen LogP contribution in [-0.2, 0) is 0 Å². The lowest BCUT2D eigenvalue weighted by Crippen LogP contribution is -2.15. The Bertz CT molecular complexity index is 493. The molecular weight excluding hydrogens is 274 g/mol. The third-order valence-corrected chi connectivity index (χ3v) is 5.37. The summed E-state index contributed by atoms with van der Waals surface area (Å²) in [6.45, 7) is 0. The number of methoxy groups -OCH3 is 2. The molecular formula is C16H22ClNO2. The first kappa shape index (κ1) is 14.0. The SMILES string of the molecule is COc1ccc(C(N)C2C3CCCCC32)c(OC)c1Cl. The van der Waals surface area contributed by atoms with Gasteiger partial charge < -0.3 is 15.2 Å². The van der Waals surface area contributed by atoms with E-state index in [2.05, 4.69) is 0 Å². The highest BCUT2D eigenvalue weighted by molar-refractivity contribution is 6.33. The number of rotatable bonds is 4. The normalized spacial score (nSPS) is 29.5. The highest BCUT2D eigenvalue weighted by atomic mass is 35.5. The van der Waals surface area contributed by atoms with E-state index in [4.69, 9.17) is 26.8 Å². The Morgan fingerprint density at radius 3 is 2.35 bits per heavy atom. The van der Waals surface area contributed by atoms with Crippen molar-refractivity contribution >= 4 is 11.6 Å². The fraction of sp³-hybridized carbons (Fsp3) is 0.625. The summed E-state index contributed by atoms with van der Waals surface area (Å²) in [5, 5.41) is 0.520. The van der Waals surface area contributed by atoms with Gasteiger partial charge in [0.15, 0.2) is 0 Å². The first-order valence-corrected chi connectivity index (χ1v) is 7.72. The van der Waals surface area contributed by atoms with Gasteiger partial charge in [0.05, 0.1) is 14.2 Å². The third-order valence-electron chi connectivity index (χ3n) is 5.01. The fourth-order valence-electron chi connectivity index (χ4n) is 3.97. The first-order chi connectivity index (χ1) is 9.69. The monoisotopic (exact) mass is 295 g/mol. The van der Waals surface area contributed by atoms with E-state index in [1.807, 2.05) is 12.1 Å². The maximum Gasteiger partial charge on any atom is 0.146 e. The van der Waals surface area contributed by atoms with Gasteiger partial charge in [-0.1, -0.05) is 24.4 Å². The van der Waals surface area contributed by atoms with Gasteiger partial charge in [0.25, 0.3) is 0 Å². The van der Waals surface area contributed by atoms with E-state index in [0.29, 0.717) is 22.4 Å². The van der Waals surface area contributed by atoms with Gasteiger partial charge >= 0.3 is 0 Å². The van der Waals surface area contributed by atoms with Crippen molar-refractivity contribution in [2.75, 3.05) is 14.2 Å². The Hall–Kier alpha value is -0.930. The van der Waals surface area contributed by atoms with Gasteiger partial charge in [-0.05, 0) is 42.7 Å². The average Bonchev–Trinajstić information content (AvgIpc) is 3.20. The summed E-state index contributed by atoms with van der Waals surface area (Å²) < 4.78 is 10.7. The maximum atomic E-state index is 6.52. The number of halogens is 1. The number of ether oxygens (including phenoxy) is 2. The molecule has 0 bridgehead atoms. The van der Waals surface area contributed by atoms with E-state index >= 15 is 0 Å². The minimum absolute atomic E-state index is 0.0152. The Morgan fingerprint density at radius 2 is 1.80 bits per heavy atom. The molecule has 2 aliphatic carbocycles. The van der Waals surface area contributed by atoms with Crippen molar-refractivity contribution in [3.8, 4) is 11.5 Å². The van der Waals surface area contributed by atoms with Crippen molar-refractivity contribution in [3.63, 3.8) is 0 Å². The minimum atomic E-state index is 0.0152. The molecule has 1 aromatic carbocycles. The van der Waals surface area contributed by atoms with Gasteiger partial charge in [0.2, 0.25) is 0 Å². The highest BCUT2D eigenvalue weighted by Crippen LogP contribution is 2.60. The molecule has 3 unspecified atom stereocenters. The molecule has 3 rings (SSSR count). The standard InChI is InChI=1S/C16H22ClNO2/c1-19-12-8-7-11(16(20-2)14(12)17)15(18)13-9-5-3-4-6-10(9)13/h7-10,13,15H,3-6,18H2,1-2H3. The predicted octanol–water partition coefficient (Wildman–Crippen LogP) is 3.79. The number of benzene rings is 1. The third kappa shape index (κ3) is 2.17. The van der Waals surface area contributed by atoms with Crippen LogP contribution >= 0.6 is 11.6 Å². The Labute approximate surface area is 125 Å². The van der Waals surface area contributed by atoms with Crippen LogP contribution in [0.15, 0.2) is 12.1 Å². The van der Waals surface area contributed by atoms with Gasteiger partial charge in [-0.15, -0.1) is 0 Å². The van der Waals surface area contributed by atoms with Crippen molar-refractivity contribution in [3.05, 3.63) is 22.7 Å². The molecule has 110 valence electrons. The van der Waals surface area contributed by atoms with Gasteiger partial charge in [0, 0.05) is 11.6 Å². The van der Waals surface area contributed by atoms with E-state index in [1.54, 1.807) is 14.2 Å². The van der Waals surface area contributed by atoms with Crippen LogP contribution in [0.1, 0.15) is 37.3 Å². The maximum absolute atomic E-state index is 6.52. The molecule has 3 nitrogen and oxygen atoms in total. The minimum Gasteiger partial charge on any atom is -0.495 e. The van der Waals surface area contributed by atoms with Crippen LogP contribution in [-0.4, -0.2) is 14.2 Å². The van der Waals surface area contributed by atoms with Gasteiger partial charge in [0.1, 0.15) is 16.5 Å². The van der Waals surface area contributed by atoms with Crippen molar-refractivity contribution in [1.29, 1.82) is 0 Å². The molecule has 0 aromatic heterocycles. The summed E-state index contributed by atoms with van der Waals surface area (Å²) in [6, 6.07) is 3.89. The largest absolute Gasteiger partial charge is 0.495 e. The van der Waals surface area contributed by atoms with Crippen molar-refractivity contribution in [2.45, 2.75) is 31.7 Å². The van der Waals surface area contributed by atoms with Crippen LogP contribution in [0.3, 0.4) is 0 Å². The first-order valence-electron chi connectivity index (χ1n) is 7.35. The highest BCUT2D eigenvalue weighted by Gasteiger charge is 2.53. The van der Waals surface area contributed by atoms with Gasteiger partial charge in [-0.2, -0.15) is 0 Å². The molecule has 20 heavy (non-hydrogen) atoms. The Morgan fingerprint density at radius 1 is 1.15 bits per heavy atom. The molecule has 0 amide bonds. The summed E-state index contributed by atoms with van der Waals surface area (Å²) in [6.07, 6.45) is 5.36. The van der Waals surface area contributed by atoms with Gasteiger partial charge in [-0.25, -0.2) is 0 Å². The van der Waals surface area contributed by atoms with Crippen LogP contribution in [0, 0.1) is 17.8 Å². The van der Waals surface area contributed by atoms with Crippen LogP contribution in [0.25, 0.3) is 0 Å². The second kappa shape index (κ2) is 5.45. The molecule has 1 aromatic rings. The topological polar surface area (TPSA) is 44.5 Å². The van der Waals surface area contributed by atoms with Crippen molar-refractivity contribution in [2.24, 2.45) is 23.5 Å². The summed E-state index contributed by atoms with van der Waals surface area (Å²) in [5.41, 5.74) is 7.53. The summed E-state index contributed by atoms with van der Waals surface area (Å²) in [5.74, 6) is 3.51. The molecule has 0 heterocycles. The quantitative estimate of drug-likeness (QED) is 0.919. The van der Waals surface area contributed by atoms with Gasteiger partial charge in [-0.3, -0.25) is 0 Å². The van der Waals surface area contributed by atoms with Crippen LogP contribution in [0.5, 0.6) is 11.5 Å². The lowest BCUT2D eigenvalue weighted by Gasteiger charge is -2.18. The number of nitrogens with two attached hydrogens (primary N) is 1. The molecule has 0 aliphatic heterocycles. The Kier molecular flexibility index (Phi) is 3.83. The predicted molar refractivity (Wildman–Crippen MR) is 80.4 cm³/mol. The second-order valence-corrected chi connectivity index (χ2v) is 6.30. The summed E-state index contributed by atoms with van der Waals surface area (Å²) >= 11 is 6.33. The lowest BCUT2D eigenvalue weighted by molar-refractivity contribution is 0.385. The Balaban J connectivity index is 1.88. The van der Waals surface area contributed by atoms with E-state index in [9.17, 15) is 0 Å². The lowest BCUT2D eigenvalue weighted by atomic mass is 9.99. The molecule has 2 fully saturated rings.